The molecular weight excluding hydrogens is 152 g/mol. The molecule has 0 amide bonds. The molecule has 0 spiro atoms. The van der Waals surface area contributed by atoms with Gasteiger partial charge in [-0.15, -0.1) is 0 Å². The number of nitrogens with zero attached hydrogens (tertiary/aromatic N) is 2. The smallest absolute Gasteiger partial charge is 0.150 e. The summed E-state index contributed by atoms with van der Waals surface area (Å²) >= 11 is 0. The summed E-state index contributed by atoms with van der Waals surface area (Å²) in [5.74, 6) is 1.86. The van der Waals surface area contributed by atoms with Crippen molar-refractivity contribution in [3.63, 3.8) is 0 Å². The van der Waals surface area contributed by atoms with Gasteiger partial charge in [-0.1, -0.05) is 6.92 Å². The number of hydrogen-bond donors (Lipinski definition) is 2. The second-order valence-electron chi connectivity index (χ2n) is 3.21. The van der Waals surface area contributed by atoms with E-state index >= 15 is 0 Å². The molecule has 66 valence electrons. The molecule has 1 aliphatic carbocycles. The maximum absolute atomic E-state index is 4.30. The number of aromatic nitrogens is 3. The first-order valence-corrected chi connectivity index (χ1v) is 4.52. The van der Waals surface area contributed by atoms with Crippen molar-refractivity contribution in [2.24, 2.45) is 0 Å². The van der Waals surface area contributed by atoms with Crippen LogP contribution in [0.3, 0.4) is 0 Å². The Morgan fingerprint density at radius 2 is 2.42 bits per heavy atom. The molecule has 1 aliphatic rings. The molecular formula is C8H14N4. The summed E-state index contributed by atoms with van der Waals surface area (Å²) in [6.45, 7) is 2.89. The third-order valence-electron chi connectivity index (χ3n) is 2.03. The fourth-order valence-electron chi connectivity index (χ4n) is 1.10. The average molecular weight is 166 g/mol. The minimum Gasteiger partial charge on any atom is -0.307 e. The maximum Gasteiger partial charge on any atom is 0.150 e. The Labute approximate surface area is 71.8 Å². The summed E-state index contributed by atoms with van der Waals surface area (Å²) in [6.07, 6.45) is 3.53. The van der Waals surface area contributed by atoms with Gasteiger partial charge in [0.1, 0.15) is 11.6 Å². The Balaban J connectivity index is 1.84. The van der Waals surface area contributed by atoms with Crippen molar-refractivity contribution in [3.8, 4) is 0 Å². The van der Waals surface area contributed by atoms with Crippen LogP contribution < -0.4 is 5.32 Å². The van der Waals surface area contributed by atoms with Gasteiger partial charge in [0.05, 0.1) is 6.54 Å². The predicted molar refractivity (Wildman–Crippen MR) is 45.6 cm³/mol. The molecule has 0 bridgehead atoms. The normalized spacial score (nSPS) is 16.8. The van der Waals surface area contributed by atoms with Gasteiger partial charge >= 0.3 is 0 Å². The van der Waals surface area contributed by atoms with Crippen LogP contribution in [0.15, 0.2) is 0 Å². The van der Waals surface area contributed by atoms with Crippen molar-refractivity contribution < 1.29 is 0 Å². The minimum absolute atomic E-state index is 0.736. The predicted octanol–water partition coefficient (Wildman–Crippen LogP) is 0.619. The van der Waals surface area contributed by atoms with Crippen molar-refractivity contribution >= 4 is 0 Å². The Kier molecular flexibility index (Phi) is 2.08. The van der Waals surface area contributed by atoms with Crippen molar-refractivity contribution in [2.75, 3.05) is 0 Å². The van der Waals surface area contributed by atoms with E-state index in [1.165, 1.54) is 12.8 Å². The van der Waals surface area contributed by atoms with E-state index in [9.17, 15) is 0 Å². The number of rotatable bonds is 4. The van der Waals surface area contributed by atoms with Crippen LogP contribution in [-0.4, -0.2) is 21.2 Å². The zero-order valence-corrected chi connectivity index (χ0v) is 7.30. The van der Waals surface area contributed by atoms with Crippen LogP contribution in [0, 0.1) is 0 Å². The van der Waals surface area contributed by atoms with Gasteiger partial charge in [0.2, 0.25) is 0 Å². The lowest BCUT2D eigenvalue weighted by Gasteiger charge is -1.96. The van der Waals surface area contributed by atoms with Gasteiger partial charge in [-0.25, -0.2) is 4.98 Å². The molecule has 4 nitrogen and oxygen atoms in total. The van der Waals surface area contributed by atoms with E-state index in [1.54, 1.807) is 0 Å². The molecule has 0 aromatic carbocycles. The minimum atomic E-state index is 0.736. The van der Waals surface area contributed by atoms with Crippen molar-refractivity contribution in [2.45, 2.75) is 38.8 Å². The van der Waals surface area contributed by atoms with Gasteiger partial charge < -0.3 is 5.32 Å². The SMILES string of the molecule is CCc1n[nH]c(CNC2CC2)n1. The van der Waals surface area contributed by atoms with Crippen LogP contribution in [0.2, 0.25) is 0 Å². The van der Waals surface area contributed by atoms with Crippen LogP contribution >= 0.6 is 0 Å². The quantitative estimate of drug-likeness (QED) is 0.689. The first-order chi connectivity index (χ1) is 5.88. The largest absolute Gasteiger partial charge is 0.307 e. The lowest BCUT2D eigenvalue weighted by Crippen LogP contribution is -2.16. The number of aryl methyl sites for hydroxylation is 1. The summed E-state index contributed by atoms with van der Waals surface area (Å²) in [7, 11) is 0. The van der Waals surface area contributed by atoms with E-state index in [0.29, 0.717) is 0 Å². The monoisotopic (exact) mass is 166 g/mol. The van der Waals surface area contributed by atoms with E-state index in [-0.39, 0.29) is 0 Å². The summed E-state index contributed by atoms with van der Waals surface area (Å²) in [5.41, 5.74) is 0. The lowest BCUT2D eigenvalue weighted by molar-refractivity contribution is 0.660. The van der Waals surface area contributed by atoms with Gasteiger partial charge in [0, 0.05) is 12.5 Å². The van der Waals surface area contributed by atoms with Crippen molar-refractivity contribution in [1.29, 1.82) is 0 Å². The van der Waals surface area contributed by atoms with Gasteiger partial charge in [-0.2, -0.15) is 5.10 Å². The number of hydrogen-bond acceptors (Lipinski definition) is 3. The fraction of sp³-hybridized carbons (Fsp3) is 0.750. The van der Waals surface area contributed by atoms with E-state index in [1.807, 2.05) is 0 Å². The highest BCUT2D eigenvalue weighted by Crippen LogP contribution is 2.18. The Morgan fingerprint density at radius 1 is 1.58 bits per heavy atom. The highest BCUT2D eigenvalue weighted by Gasteiger charge is 2.20. The molecule has 2 N–H and O–H groups in total. The molecule has 1 fully saturated rings. The topological polar surface area (TPSA) is 53.6 Å². The van der Waals surface area contributed by atoms with Gasteiger partial charge in [0.15, 0.2) is 0 Å². The van der Waals surface area contributed by atoms with Crippen LogP contribution in [0.4, 0.5) is 0 Å². The van der Waals surface area contributed by atoms with Crippen LogP contribution in [0.1, 0.15) is 31.4 Å². The zero-order chi connectivity index (χ0) is 8.39. The Morgan fingerprint density at radius 3 is 3.00 bits per heavy atom. The molecule has 0 saturated heterocycles. The number of aromatic amines is 1. The molecule has 1 saturated carbocycles. The molecule has 0 radical (unpaired) electrons. The summed E-state index contributed by atoms with van der Waals surface area (Å²) in [6, 6.07) is 0.736. The highest BCUT2D eigenvalue weighted by atomic mass is 15.2. The van der Waals surface area contributed by atoms with E-state index in [2.05, 4.69) is 27.4 Å². The number of H-pyrrole nitrogens is 1. The first-order valence-electron chi connectivity index (χ1n) is 4.52. The molecule has 12 heavy (non-hydrogen) atoms. The summed E-state index contributed by atoms with van der Waals surface area (Å²) < 4.78 is 0. The second-order valence-corrected chi connectivity index (χ2v) is 3.21. The zero-order valence-electron chi connectivity index (χ0n) is 7.30. The Hall–Kier alpha value is -0.900. The average Bonchev–Trinajstić information content (AvgIpc) is 2.81. The molecule has 0 atom stereocenters. The number of nitrogens with one attached hydrogen (secondary N) is 2. The van der Waals surface area contributed by atoms with Crippen molar-refractivity contribution in [3.05, 3.63) is 11.6 Å². The molecule has 1 heterocycles. The molecule has 4 heteroatoms. The first kappa shape index (κ1) is 7.73. The third-order valence-corrected chi connectivity index (χ3v) is 2.03. The molecule has 1 aromatic heterocycles. The van der Waals surface area contributed by atoms with Crippen LogP contribution in [0.5, 0.6) is 0 Å². The van der Waals surface area contributed by atoms with Gasteiger partial charge in [0.25, 0.3) is 0 Å². The molecule has 2 rings (SSSR count). The van der Waals surface area contributed by atoms with Crippen molar-refractivity contribution in [1.82, 2.24) is 20.5 Å². The molecule has 1 aromatic rings. The maximum atomic E-state index is 4.30. The highest BCUT2D eigenvalue weighted by molar-refractivity contribution is 4.91. The third kappa shape index (κ3) is 1.82. The van der Waals surface area contributed by atoms with Crippen LogP contribution in [0.25, 0.3) is 0 Å². The van der Waals surface area contributed by atoms with E-state index in [4.69, 9.17) is 0 Å². The van der Waals surface area contributed by atoms with E-state index in [0.717, 1.165) is 30.7 Å². The molecule has 0 aliphatic heterocycles. The Bertz CT molecular complexity index is 251. The second kappa shape index (κ2) is 3.23. The van der Waals surface area contributed by atoms with Gasteiger partial charge in [-0.05, 0) is 12.8 Å². The molecule has 0 unspecified atom stereocenters. The van der Waals surface area contributed by atoms with Crippen LogP contribution in [-0.2, 0) is 13.0 Å². The van der Waals surface area contributed by atoms with E-state index < -0.39 is 0 Å². The standard InChI is InChI=1S/C8H14N4/c1-2-7-10-8(12-11-7)5-9-6-3-4-6/h6,9H,2-5H2,1H3,(H,10,11,12). The summed E-state index contributed by atoms with van der Waals surface area (Å²) in [5, 5.41) is 10.3. The summed E-state index contributed by atoms with van der Waals surface area (Å²) in [4.78, 5) is 4.30. The van der Waals surface area contributed by atoms with Gasteiger partial charge in [-0.3, -0.25) is 5.10 Å². The fourth-order valence-corrected chi connectivity index (χ4v) is 1.10. The lowest BCUT2D eigenvalue weighted by atomic mass is 10.5.